The van der Waals surface area contributed by atoms with Crippen LogP contribution in [-0.2, 0) is 4.79 Å². The Morgan fingerprint density at radius 2 is 1.84 bits per heavy atom. The Labute approximate surface area is 115 Å². The second-order valence-electron chi connectivity index (χ2n) is 7.32. The second kappa shape index (κ2) is 4.32. The van der Waals surface area contributed by atoms with E-state index in [0.29, 0.717) is 5.78 Å². The smallest absolute Gasteiger partial charge is 0.180 e. The molecule has 0 atom stereocenters. The van der Waals surface area contributed by atoms with E-state index in [1.165, 1.54) is 5.57 Å². The summed E-state index contributed by atoms with van der Waals surface area (Å²) in [5.41, 5.74) is 5.93. The highest BCUT2D eigenvalue weighted by Crippen LogP contribution is 2.46. The number of hydrazine groups is 1. The molecular weight excluding hydrogens is 238 g/mol. The van der Waals surface area contributed by atoms with Gasteiger partial charge >= 0.3 is 0 Å². The third kappa shape index (κ3) is 2.21. The van der Waals surface area contributed by atoms with E-state index in [0.717, 1.165) is 51.0 Å². The molecule has 2 heterocycles. The lowest BCUT2D eigenvalue weighted by molar-refractivity contribution is -0.121. The molecule has 0 bridgehead atoms. The molecule has 0 aromatic heterocycles. The molecule has 0 radical (unpaired) electrons. The van der Waals surface area contributed by atoms with E-state index in [9.17, 15) is 4.79 Å². The Morgan fingerprint density at radius 1 is 1.16 bits per heavy atom. The van der Waals surface area contributed by atoms with Gasteiger partial charge in [-0.2, -0.15) is 0 Å². The SMILES string of the molecule is CC(C)(C)N1NCC2=C1C(=O)CC1(CCNCC1)C2. The van der Waals surface area contributed by atoms with E-state index in [2.05, 4.69) is 36.5 Å². The normalized spacial score (nSPS) is 27.1. The van der Waals surface area contributed by atoms with E-state index in [4.69, 9.17) is 0 Å². The molecule has 4 nitrogen and oxygen atoms in total. The molecule has 1 fully saturated rings. The van der Waals surface area contributed by atoms with Crippen molar-refractivity contribution in [1.29, 1.82) is 0 Å². The zero-order valence-corrected chi connectivity index (χ0v) is 12.3. The van der Waals surface area contributed by atoms with Gasteiger partial charge in [0.1, 0.15) is 0 Å². The minimum absolute atomic E-state index is 0.0363. The van der Waals surface area contributed by atoms with Gasteiger partial charge in [-0.15, -0.1) is 0 Å². The van der Waals surface area contributed by atoms with Gasteiger partial charge in [0.05, 0.1) is 5.70 Å². The van der Waals surface area contributed by atoms with Crippen molar-refractivity contribution in [1.82, 2.24) is 15.8 Å². The van der Waals surface area contributed by atoms with Crippen LogP contribution in [0.1, 0.15) is 46.5 Å². The molecule has 2 aliphatic heterocycles. The average Bonchev–Trinajstić information content (AvgIpc) is 2.73. The number of nitrogens with zero attached hydrogens (tertiary/aromatic N) is 1. The van der Waals surface area contributed by atoms with Gasteiger partial charge in [-0.1, -0.05) is 0 Å². The predicted molar refractivity (Wildman–Crippen MR) is 75.4 cm³/mol. The van der Waals surface area contributed by atoms with Crippen LogP contribution in [0.5, 0.6) is 0 Å². The van der Waals surface area contributed by atoms with Crippen molar-refractivity contribution in [3.63, 3.8) is 0 Å². The molecule has 0 aromatic carbocycles. The topological polar surface area (TPSA) is 44.4 Å². The Kier molecular flexibility index (Phi) is 2.98. The summed E-state index contributed by atoms with van der Waals surface area (Å²) >= 11 is 0. The molecule has 2 N–H and O–H groups in total. The van der Waals surface area contributed by atoms with E-state index in [1.807, 2.05) is 0 Å². The lowest BCUT2D eigenvalue weighted by Gasteiger charge is -2.42. The summed E-state index contributed by atoms with van der Waals surface area (Å²) in [5.74, 6) is 0.350. The molecule has 4 heteroatoms. The molecule has 1 saturated heterocycles. The summed E-state index contributed by atoms with van der Waals surface area (Å²) in [6.07, 6.45) is 4.13. The fourth-order valence-corrected chi connectivity index (χ4v) is 3.79. The second-order valence-corrected chi connectivity index (χ2v) is 7.32. The molecule has 106 valence electrons. The maximum atomic E-state index is 12.6. The Bertz CT molecular complexity index is 427. The Balaban J connectivity index is 1.89. The fourth-order valence-electron chi connectivity index (χ4n) is 3.79. The van der Waals surface area contributed by atoms with Crippen molar-refractivity contribution in [3.05, 3.63) is 11.3 Å². The van der Waals surface area contributed by atoms with Crippen LogP contribution in [0, 0.1) is 5.41 Å². The van der Waals surface area contributed by atoms with Crippen LogP contribution in [-0.4, -0.2) is 36.0 Å². The van der Waals surface area contributed by atoms with Crippen molar-refractivity contribution < 1.29 is 4.79 Å². The summed E-state index contributed by atoms with van der Waals surface area (Å²) in [7, 11) is 0. The van der Waals surface area contributed by atoms with Crippen molar-refractivity contribution in [2.45, 2.75) is 52.0 Å². The number of carbonyl (C=O) groups is 1. The number of nitrogens with one attached hydrogen (secondary N) is 2. The van der Waals surface area contributed by atoms with Gasteiger partial charge in [-0.3, -0.25) is 9.80 Å². The van der Waals surface area contributed by atoms with Crippen LogP contribution in [0.2, 0.25) is 0 Å². The van der Waals surface area contributed by atoms with Crippen LogP contribution in [0.4, 0.5) is 0 Å². The maximum Gasteiger partial charge on any atom is 0.180 e. The predicted octanol–water partition coefficient (Wildman–Crippen LogP) is 1.59. The quantitative estimate of drug-likeness (QED) is 0.696. The first-order valence-corrected chi connectivity index (χ1v) is 7.41. The molecule has 0 aromatic rings. The van der Waals surface area contributed by atoms with Gasteiger partial charge in [0.25, 0.3) is 0 Å². The molecule has 0 saturated carbocycles. The van der Waals surface area contributed by atoms with Gasteiger partial charge in [0.2, 0.25) is 0 Å². The van der Waals surface area contributed by atoms with Crippen LogP contribution >= 0.6 is 0 Å². The van der Waals surface area contributed by atoms with Crippen LogP contribution < -0.4 is 10.7 Å². The molecular formula is C15H25N3O. The van der Waals surface area contributed by atoms with Crippen molar-refractivity contribution in [2.24, 2.45) is 5.41 Å². The summed E-state index contributed by atoms with van der Waals surface area (Å²) in [5, 5.41) is 5.51. The van der Waals surface area contributed by atoms with Crippen molar-refractivity contribution in [2.75, 3.05) is 19.6 Å². The number of piperidine rings is 1. The summed E-state index contributed by atoms with van der Waals surface area (Å²) in [6, 6.07) is 0. The molecule has 1 aliphatic carbocycles. The summed E-state index contributed by atoms with van der Waals surface area (Å²) in [4.78, 5) is 12.6. The zero-order chi connectivity index (χ0) is 13.7. The minimum atomic E-state index is -0.0363. The first kappa shape index (κ1) is 13.1. The summed E-state index contributed by atoms with van der Waals surface area (Å²) < 4.78 is 0. The average molecular weight is 263 g/mol. The molecule has 1 spiro atoms. The van der Waals surface area contributed by atoms with Gasteiger partial charge < -0.3 is 5.32 Å². The molecule has 0 amide bonds. The Hall–Kier alpha value is -0.870. The highest BCUT2D eigenvalue weighted by atomic mass is 16.1. The molecule has 3 aliphatic rings. The standard InChI is InChI=1S/C15H25N3O/c1-14(2,3)18-13-11(10-17-18)8-15(9-12(13)19)4-6-16-7-5-15/h16-17H,4-10H2,1-3H3. The van der Waals surface area contributed by atoms with E-state index in [-0.39, 0.29) is 11.0 Å². The van der Waals surface area contributed by atoms with Crippen molar-refractivity contribution in [3.8, 4) is 0 Å². The lowest BCUT2D eigenvalue weighted by Crippen LogP contribution is -2.48. The van der Waals surface area contributed by atoms with Gasteiger partial charge in [-0.25, -0.2) is 5.43 Å². The first-order valence-electron chi connectivity index (χ1n) is 7.41. The lowest BCUT2D eigenvalue weighted by atomic mass is 9.67. The van der Waals surface area contributed by atoms with Gasteiger partial charge in [0.15, 0.2) is 5.78 Å². The number of Topliss-reactive ketones (excluding diaryl/α,β-unsaturated/α-hetero) is 1. The highest BCUT2D eigenvalue weighted by molar-refractivity contribution is 5.97. The van der Waals surface area contributed by atoms with Crippen LogP contribution in [0.25, 0.3) is 0 Å². The molecule has 3 rings (SSSR count). The monoisotopic (exact) mass is 263 g/mol. The van der Waals surface area contributed by atoms with E-state index < -0.39 is 0 Å². The number of ketones is 1. The third-order valence-electron chi connectivity index (χ3n) is 4.73. The minimum Gasteiger partial charge on any atom is -0.317 e. The molecule has 19 heavy (non-hydrogen) atoms. The van der Waals surface area contributed by atoms with Crippen LogP contribution in [0.3, 0.4) is 0 Å². The number of hydrogen-bond donors (Lipinski definition) is 2. The zero-order valence-electron chi connectivity index (χ0n) is 12.3. The first-order chi connectivity index (χ1) is 8.91. The largest absolute Gasteiger partial charge is 0.317 e. The molecule has 0 unspecified atom stereocenters. The van der Waals surface area contributed by atoms with Crippen molar-refractivity contribution >= 4 is 5.78 Å². The number of rotatable bonds is 0. The summed E-state index contributed by atoms with van der Waals surface area (Å²) in [6.45, 7) is 9.43. The van der Waals surface area contributed by atoms with Gasteiger partial charge in [-0.05, 0) is 64.1 Å². The Morgan fingerprint density at radius 3 is 2.47 bits per heavy atom. The van der Waals surface area contributed by atoms with E-state index in [1.54, 1.807) is 0 Å². The van der Waals surface area contributed by atoms with Crippen LogP contribution in [0.15, 0.2) is 11.3 Å². The highest BCUT2D eigenvalue weighted by Gasteiger charge is 2.45. The van der Waals surface area contributed by atoms with E-state index >= 15 is 0 Å². The fraction of sp³-hybridized carbons (Fsp3) is 0.800. The van der Waals surface area contributed by atoms with Gasteiger partial charge in [0, 0.05) is 18.5 Å². The maximum absolute atomic E-state index is 12.6. The number of carbonyl (C=O) groups excluding carboxylic acids is 1. The third-order valence-corrected chi connectivity index (χ3v) is 4.73. The number of hydrogen-bond acceptors (Lipinski definition) is 4. The number of allylic oxidation sites excluding steroid dienone is 1.